The molecule has 0 aliphatic heterocycles. The second-order valence-corrected chi connectivity index (χ2v) is 5.06. The van der Waals surface area contributed by atoms with E-state index in [0.29, 0.717) is 12.0 Å². The van der Waals surface area contributed by atoms with Gasteiger partial charge in [0.15, 0.2) is 0 Å². The van der Waals surface area contributed by atoms with E-state index in [1.165, 1.54) is 12.1 Å². The van der Waals surface area contributed by atoms with Crippen LogP contribution in [0, 0.1) is 11.6 Å². The molecule has 0 saturated carbocycles. The maximum absolute atomic E-state index is 13.3. The van der Waals surface area contributed by atoms with Gasteiger partial charge in [0, 0.05) is 18.8 Å². The number of aromatic nitrogens is 2. The zero-order valence-corrected chi connectivity index (χ0v) is 12.4. The zero-order chi connectivity index (χ0) is 15.2. The number of aryl methyl sites for hydroxylation is 1. The smallest absolute Gasteiger partial charge is 0.126 e. The Morgan fingerprint density at radius 2 is 1.90 bits per heavy atom. The van der Waals surface area contributed by atoms with E-state index < -0.39 is 11.6 Å². The van der Waals surface area contributed by atoms with Crippen LogP contribution in [-0.2, 0) is 13.0 Å². The van der Waals surface area contributed by atoms with Crippen molar-refractivity contribution in [3.8, 4) is 0 Å². The van der Waals surface area contributed by atoms with Gasteiger partial charge >= 0.3 is 0 Å². The van der Waals surface area contributed by atoms with E-state index in [4.69, 9.17) is 0 Å². The van der Waals surface area contributed by atoms with E-state index in [9.17, 15) is 8.78 Å². The Bertz CT molecular complexity index is 560. The normalized spacial score (nSPS) is 12.6. The van der Waals surface area contributed by atoms with Gasteiger partial charge in [-0.25, -0.2) is 8.78 Å². The fourth-order valence-corrected chi connectivity index (χ4v) is 2.47. The molecular weight excluding hydrogens is 272 g/mol. The second kappa shape index (κ2) is 7.31. The average molecular weight is 293 g/mol. The van der Waals surface area contributed by atoms with Crippen LogP contribution in [-0.4, -0.2) is 16.3 Å². The first-order valence-corrected chi connectivity index (χ1v) is 7.34. The summed E-state index contributed by atoms with van der Waals surface area (Å²) in [7, 11) is 0. The summed E-state index contributed by atoms with van der Waals surface area (Å²) in [6.07, 6.45) is 3.28. The molecule has 1 unspecified atom stereocenters. The van der Waals surface area contributed by atoms with Crippen LogP contribution in [0.1, 0.15) is 37.6 Å². The summed E-state index contributed by atoms with van der Waals surface area (Å²) in [6, 6.07) is 5.61. The molecule has 1 heterocycles. The molecule has 1 N–H and O–H groups in total. The Morgan fingerprint density at radius 1 is 1.19 bits per heavy atom. The van der Waals surface area contributed by atoms with Crippen LogP contribution in [0.15, 0.2) is 30.5 Å². The van der Waals surface area contributed by atoms with Crippen molar-refractivity contribution in [2.45, 2.75) is 39.3 Å². The van der Waals surface area contributed by atoms with Gasteiger partial charge in [0.1, 0.15) is 11.6 Å². The Balaban J connectivity index is 2.23. The molecule has 1 aromatic heterocycles. The van der Waals surface area contributed by atoms with E-state index >= 15 is 0 Å². The van der Waals surface area contributed by atoms with Crippen molar-refractivity contribution in [3.63, 3.8) is 0 Å². The molecule has 0 amide bonds. The summed E-state index contributed by atoms with van der Waals surface area (Å²) in [5, 5.41) is 7.70. The highest BCUT2D eigenvalue weighted by Crippen LogP contribution is 2.20. The number of nitrogens with zero attached hydrogens (tertiary/aromatic N) is 2. The molecule has 114 valence electrons. The highest BCUT2D eigenvalue weighted by molar-refractivity contribution is 5.21. The van der Waals surface area contributed by atoms with E-state index in [-0.39, 0.29) is 6.04 Å². The molecule has 5 heteroatoms. The third kappa shape index (κ3) is 4.11. The average Bonchev–Trinajstić information content (AvgIpc) is 2.90. The number of halogens is 2. The van der Waals surface area contributed by atoms with Crippen molar-refractivity contribution < 1.29 is 8.78 Å². The molecular formula is C16H21F2N3. The number of hydrogen-bond acceptors (Lipinski definition) is 2. The Labute approximate surface area is 124 Å². The van der Waals surface area contributed by atoms with Crippen molar-refractivity contribution >= 4 is 0 Å². The molecule has 0 spiro atoms. The molecule has 0 bridgehead atoms. The van der Waals surface area contributed by atoms with Gasteiger partial charge in [0.05, 0.1) is 11.7 Å². The van der Waals surface area contributed by atoms with Gasteiger partial charge in [0.25, 0.3) is 0 Å². The predicted molar refractivity (Wildman–Crippen MR) is 79.0 cm³/mol. The lowest BCUT2D eigenvalue weighted by Gasteiger charge is -2.20. The predicted octanol–water partition coefficient (Wildman–Crippen LogP) is 3.46. The van der Waals surface area contributed by atoms with Crippen LogP contribution >= 0.6 is 0 Å². The van der Waals surface area contributed by atoms with Crippen LogP contribution in [0.3, 0.4) is 0 Å². The summed E-state index contributed by atoms with van der Waals surface area (Å²) in [5.74, 6) is -1.08. The summed E-state index contributed by atoms with van der Waals surface area (Å²) in [6.45, 7) is 5.72. The molecule has 21 heavy (non-hydrogen) atoms. The van der Waals surface area contributed by atoms with Crippen LogP contribution in [0.4, 0.5) is 8.78 Å². The van der Waals surface area contributed by atoms with Crippen LogP contribution < -0.4 is 5.32 Å². The third-order valence-corrected chi connectivity index (χ3v) is 3.41. The van der Waals surface area contributed by atoms with E-state index in [0.717, 1.165) is 31.3 Å². The summed E-state index contributed by atoms with van der Waals surface area (Å²) >= 11 is 0. The van der Waals surface area contributed by atoms with Gasteiger partial charge in [-0.05, 0) is 50.1 Å². The lowest BCUT2D eigenvalue weighted by Crippen LogP contribution is -2.26. The topological polar surface area (TPSA) is 29.9 Å². The highest BCUT2D eigenvalue weighted by atomic mass is 19.1. The van der Waals surface area contributed by atoms with Crippen LogP contribution in [0.2, 0.25) is 0 Å². The van der Waals surface area contributed by atoms with Gasteiger partial charge in [-0.3, -0.25) is 4.68 Å². The third-order valence-electron chi connectivity index (χ3n) is 3.41. The maximum Gasteiger partial charge on any atom is 0.126 e. The minimum atomic E-state index is -0.539. The second-order valence-electron chi connectivity index (χ2n) is 5.06. The van der Waals surface area contributed by atoms with Crippen LogP contribution in [0.25, 0.3) is 0 Å². The lowest BCUT2D eigenvalue weighted by molar-refractivity contribution is 0.476. The minimum Gasteiger partial charge on any atom is -0.308 e. The summed E-state index contributed by atoms with van der Waals surface area (Å²) < 4.78 is 28.6. The first-order chi connectivity index (χ1) is 10.1. The van der Waals surface area contributed by atoms with E-state index in [1.54, 1.807) is 6.20 Å². The summed E-state index contributed by atoms with van der Waals surface area (Å²) in [5.41, 5.74) is 1.68. The molecule has 1 atom stereocenters. The minimum absolute atomic E-state index is 0.00593. The fourth-order valence-electron chi connectivity index (χ4n) is 2.47. The maximum atomic E-state index is 13.3. The van der Waals surface area contributed by atoms with Crippen molar-refractivity contribution in [1.29, 1.82) is 0 Å². The Morgan fingerprint density at radius 3 is 2.52 bits per heavy atom. The quantitative estimate of drug-likeness (QED) is 0.847. The highest BCUT2D eigenvalue weighted by Gasteiger charge is 2.16. The van der Waals surface area contributed by atoms with Gasteiger partial charge in [-0.1, -0.05) is 6.92 Å². The van der Waals surface area contributed by atoms with E-state index in [1.807, 2.05) is 17.7 Å². The first-order valence-electron chi connectivity index (χ1n) is 7.34. The molecule has 3 nitrogen and oxygen atoms in total. The number of benzene rings is 1. The molecule has 0 aliphatic carbocycles. The first kappa shape index (κ1) is 15.6. The molecule has 0 radical (unpaired) electrons. The molecule has 0 fully saturated rings. The zero-order valence-electron chi connectivity index (χ0n) is 12.4. The van der Waals surface area contributed by atoms with Crippen molar-refractivity contribution in [1.82, 2.24) is 15.1 Å². The lowest BCUT2D eigenvalue weighted by atomic mass is 10.0. The molecule has 2 aromatic rings. The van der Waals surface area contributed by atoms with Gasteiger partial charge in [-0.2, -0.15) is 5.10 Å². The van der Waals surface area contributed by atoms with Crippen molar-refractivity contribution in [2.24, 2.45) is 0 Å². The number of nitrogens with one attached hydrogen (secondary N) is 1. The number of rotatable bonds is 7. The summed E-state index contributed by atoms with van der Waals surface area (Å²) in [4.78, 5) is 0. The largest absolute Gasteiger partial charge is 0.308 e. The Hall–Kier alpha value is -1.75. The number of hydrogen-bond donors (Lipinski definition) is 1. The molecule has 0 saturated heterocycles. The molecule has 2 rings (SSSR count). The van der Waals surface area contributed by atoms with E-state index in [2.05, 4.69) is 17.3 Å². The monoisotopic (exact) mass is 293 g/mol. The standard InChI is InChI=1S/C16H21F2N3/c1-3-6-19-15(16-5-7-20-21(16)4-2)10-12-8-13(17)11-14(18)9-12/h5,7-9,11,15,19H,3-4,6,10H2,1-2H3. The van der Waals surface area contributed by atoms with Crippen molar-refractivity contribution in [2.75, 3.05) is 6.54 Å². The van der Waals surface area contributed by atoms with Crippen molar-refractivity contribution in [3.05, 3.63) is 53.4 Å². The van der Waals surface area contributed by atoms with Gasteiger partial charge in [0.2, 0.25) is 0 Å². The van der Waals surface area contributed by atoms with Crippen LogP contribution in [0.5, 0.6) is 0 Å². The molecule has 0 aliphatic rings. The van der Waals surface area contributed by atoms with Gasteiger partial charge in [-0.15, -0.1) is 0 Å². The van der Waals surface area contributed by atoms with Gasteiger partial charge < -0.3 is 5.32 Å². The Kier molecular flexibility index (Phi) is 5.44. The fraction of sp³-hybridized carbons (Fsp3) is 0.438. The molecule has 1 aromatic carbocycles. The SMILES string of the molecule is CCCNC(Cc1cc(F)cc(F)c1)c1ccnn1CC.